The van der Waals surface area contributed by atoms with E-state index in [9.17, 15) is 9.18 Å². The number of cyclic esters (lactones) is 1. The Kier molecular flexibility index (Phi) is 7.75. The van der Waals surface area contributed by atoms with Gasteiger partial charge in [0.05, 0.1) is 20.2 Å². The molecule has 0 amide bonds. The van der Waals surface area contributed by atoms with E-state index in [0.29, 0.717) is 39.3 Å². The highest BCUT2D eigenvalue weighted by Gasteiger charge is 2.25. The Bertz CT molecular complexity index is 1310. The van der Waals surface area contributed by atoms with E-state index >= 15 is 0 Å². The minimum absolute atomic E-state index is 0.138. The van der Waals surface area contributed by atoms with Crippen molar-refractivity contribution in [3.63, 3.8) is 0 Å². The van der Waals surface area contributed by atoms with Crippen LogP contribution in [0, 0.1) is 9.39 Å². The Morgan fingerprint density at radius 2 is 1.82 bits per heavy atom. The van der Waals surface area contributed by atoms with Crippen molar-refractivity contribution in [2.75, 3.05) is 6.61 Å². The quantitative estimate of drug-likeness (QED) is 0.163. The van der Waals surface area contributed by atoms with Crippen LogP contribution in [0.4, 0.5) is 4.39 Å². The highest BCUT2D eigenvalue weighted by atomic mass is 127. The van der Waals surface area contributed by atoms with Gasteiger partial charge < -0.3 is 14.2 Å². The van der Waals surface area contributed by atoms with Crippen LogP contribution in [0.1, 0.15) is 23.6 Å². The van der Waals surface area contributed by atoms with Crippen LogP contribution in [0.15, 0.2) is 65.3 Å². The lowest BCUT2D eigenvalue weighted by Gasteiger charge is -2.15. The number of carbonyl (C=O) groups excluding carboxylic acids is 1. The molecule has 0 atom stereocenters. The second-order valence-corrected chi connectivity index (χ2v) is 9.12. The van der Waals surface area contributed by atoms with Gasteiger partial charge in [0.25, 0.3) is 0 Å². The lowest BCUT2D eigenvalue weighted by atomic mass is 10.1. The molecule has 3 aromatic carbocycles. The molecule has 0 bridgehead atoms. The maximum absolute atomic E-state index is 13.2. The molecule has 5 nitrogen and oxygen atoms in total. The van der Waals surface area contributed by atoms with Crippen LogP contribution in [-0.2, 0) is 16.1 Å². The van der Waals surface area contributed by atoms with Gasteiger partial charge in [-0.05, 0) is 89.2 Å². The van der Waals surface area contributed by atoms with Gasteiger partial charge in [-0.3, -0.25) is 0 Å². The van der Waals surface area contributed by atoms with Crippen molar-refractivity contribution >= 4 is 63.7 Å². The molecule has 1 aliphatic heterocycles. The fourth-order valence-corrected chi connectivity index (χ4v) is 4.21. The van der Waals surface area contributed by atoms with Gasteiger partial charge >= 0.3 is 5.97 Å². The Hall–Kier alpha value is -2.62. The van der Waals surface area contributed by atoms with Crippen molar-refractivity contribution in [3.8, 4) is 11.5 Å². The van der Waals surface area contributed by atoms with Crippen molar-refractivity contribution in [2.24, 2.45) is 4.99 Å². The van der Waals surface area contributed by atoms with Crippen molar-refractivity contribution in [1.29, 1.82) is 0 Å². The topological polar surface area (TPSA) is 57.1 Å². The van der Waals surface area contributed by atoms with Crippen molar-refractivity contribution in [2.45, 2.75) is 13.5 Å². The van der Waals surface area contributed by atoms with Gasteiger partial charge in [-0.15, -0.1) is 0 Å². The monoisotopic (exact) mass is 611 g/mol. The van der Waals surface area contributed by atoms with Gasteiger partial charge in [0.1, 0.15) is 12.4 Å². The summed E-state index contributed by atoms with van der Waals surface area (Å²) in [7, 11) is 0. The van der Waals surface area contributed by atoms with Gasteiger partial charge in [-0.2, -0.15) is 0 Å². The largest absolute Gasteiger partial charge is 0.490 e. The fraction of sp³-hybridized carbons (Fsp3) is 0.120. The molecule has 0 radical (unpaired) electrons. The SMILES string of the molecule is CCOc1cc(/C=C2\N=C(c3ccc(Cl)c(Cl)c3)OC2=O)cc(I)c1OCc1ccc(F)cc1. The lowest BCUT2D eigenvalue weighted by molar-refractivity contribution is -0.129. The molecule has 0 unspecified atom stereocenters. The van der Waals surface area contributed by atoms with E-state index in [1.165, 1.54) is 12.1 Å². The average Bonchev–Trinajstić information content (AvgIpc) is 3.16. The molecule has 174 valence electrons. The molecular formula is C25H17Cl2FINO4. The first kappa shape index (κ1) is 24.5. The van der Waals surface area contributed by atoms with Crippen LogP contribution in [0.2, 0.25) is 10.0 Å². The first-order valence-corrected chi connectivity index (χ1v) is 12.0. The van der Waals surface area contributed by atoms with Crippen LogP contribution in [0.3, 0.4) is 0 Å². The maximum Gasteiger partial charge on any atom is 0.363 e. The molecule has 1 heterocycles. The lowest BCUT2D eigenvalue weighted by Crippen LogP contribution is -2.05. The molecule has 0 N–H and O–H groups in total. The number of ether oxygens (including phenoxy) is 3. The number of halogens is 4. The molecule has 3 aromatic rings. The number of aliphatic imine (C=N–C) groups is 1. The predicted octanol–water partition coefficient (Wildman–Crippen LogP) is 7.06. The zero-order valence-corrected chi connectivity index (χ0v) is 21.4. The summed E-state index contributed by atoms with van der Waals surface area (Å²) in [5, 5.41) is 0.730. The molecule has 34 heavy (non-hydrogen) atoms. The molecule has 9 heteroatoms. The molecular weight excluding hydrogens is 595 g/mol. The highest BCUT2D eigenvalue weighted by Crippen LogP contribution is 2.36. The summed E-state index contributed by atoms with van der Waals surface area (Å²) in [5.74, 6) is 0.340. The van der Waals surface area contributed by atoms with Crippen molar-refractivity contribution in [3.05, 3.63) is 96.4 Å². The molecule has 0 aliphatic carbocycles. The molecule has 0 aromatic heterocycles. The molecule has 0 saturated heterocycles. The minimum atomic E-state index is -0.578. The third-order valence-corrected chi connectivity index (χ3v) is 6.26. The number of rotatable bonds is 7. The standard InChI is InChI=1S/C25H17Cl2FINO4/c1-2-32-22-11-15(9-20(29)23(22)33-13-14-3-6-17(28)7-4-14)10-21-25(31)34-24(30-21)16-5-8-18(26)19(27)12-16/h3-12H,2,13H2,1H3/b21-10-. The third kappa shape index (κ3) is 5.71. The van der Waals surface area contributed by atoms with Crippen molar-refractivity contribution in [1.82, 2.24) is 0 Å². The predicted molar refractivity (Wildman–Crippen MR) is 138 cm³/mol. The van der Waals surface area contributed by atoms with Crippen LogP contribution in [-0.4, -0.2) is 18.5 Å². The van der Waals surface area contributed by atoms with Gasteiger partial charge in [0.2, 0.25) is 5.90 Å². The summed E-state index contributed by atoms with van der Waals surface area (Å²) in [4.78, 5) is 16.7. The van der Waals surface area contributed by atoms with Crippen molar-refractivity contribution < 1.29 is 23.4 Å². The van der Waals surface area contributed by atoms with Crippen LogP contribution in [0.5, 0.6) is 11.5 Å². The summed E-state index contributed by atoms with van der Waals surface area (Å²) in [6, 6.07) is 14.6. The van der Waals surface area contributed by atoms with Gasteiger partial charge in [-0.1, -0.05) is 35.3 Å². The van der Waals surface area contributed by atoms with E-state index in [1.54, 1.807) is 42.5 Å². The van der Waals surface area contributed by atoms with E-state index in [1.807, 2.05) is 13.0 Å². The van der Waals surface area contributed by atoms with Gasteiger partial charge in [0.15, 0.2) is 17.2 Å². The van der Waals surface area contributed by atoms with Crippen LogP contribution >= 0.6 is 45.8 Å². The second kappa shape index (κ2) is 10.8. The first-order valence-electron chi connectivity index (χ1n) is 10.2. The number of benzene rings is 3. The molecule has 0 spiro atoms. The first-order chi connectivity index (χ1) is 16.3. The zero-order valence-electron chi connectivity index (χ0n) is 17.8. The Labute approximate surface area is 219 Å². The van der Waals surface area contributed by atoms with E-state index in [2.05, 4.69) is 27.6 Å². The summed E-state index contributed by atoms with van der Waals surface area (Å²) in [6.07, 6.45) is 1.61. The number of esters is 1. The average molecular weight is 612 g/mol. The zero-order chi connectivity index (χ0) is 24.2. The number of hydrogen-bond donors (Lipinski definition) is 0. The molecule has 1 aliphatic rings. The molecule has 4 rings (SSSR count). The van der Waals surface area contributed by atoms with E-state index in [4.69, 9.17) is 37.4 Å². The van der Waals surface area contributed by atoms with Crippen LogP contribution < -0.4 is 9.47 Å². The normalized spacial score (nSPS) is 14.2. The van der Waals surface area contributed by atoms with Crippen LogP contribution in [0.25, 0.3) is 6.08 Å². The highest BCUT2D eigenvalue weighted by molar-refractivity contribution is 14.1. The van der Waals surface area contributed by atoms with E-state index < -0.39 is 5.97 Å². The number of carbonyl (C=O) groups is 1. The smallest absolute Gasteiger partial charge is 0.363 e. The molecule has 0 saturated carbocycles. The minimum Gasteiger partial charge on any atom is -0.490 e. The Morgan fingerprint density at radius 1 is 1.06 bits per heavy atom. The summed E-state index contributed by atoms with van der Waals surface area (Å²) < 4.78 is 31.0. The summed E-state index contributed by atoms with van der Waals surface area (Å²) in [6.45, 7) is 2.54. The number of hydrogen-bond acceptors (Lipinski definition) is 5. The number of nitrogens with zero attached hydrogens (tertiary/aromatic N) is 1. The summed E-state index contributed by atoms with van der Waals surface area (Å²) >= 11 is 14.2. The van der Waals surface area contributed by atoms with E-state index in [-0.39, 0.29) is 24.0 Å². The summed E-state index contributed by atoms with van der Waals surface area (Å²) in [5.41, 5.74) is 2.19. The van der Waals surface area contributed by atoms with E-state index in [0.717, 1.165) is 9.13 Å². The van der Waals surface area contributed by atoms with Gasteiger partial charge in [-0.25, -0.2) is 14.2 Å². The Balaban J connectivity index is 1.61. The fourth-order valence-electron chi connectivity index (χ4n) is 3.13. The Morgan fingerprint density at radius 3 is 2.53 bits per heavy atom. The van der Waals surface area contributed by atoms with Gasteiger partial charge in [0, 0.05) is 5.56 Å². The molecule has 0 fully saturated rings. The maximum atomic E-state index is 13.2. The third-order valence-electron chi connectivity index (χ3n) is 4.72. The second-order valence-electron chi connectivity index (χ2n) is 7.14.